The van der Waals surface area contributed by atoms with Crippen LogP contribution in [-0.4, -0.2) is 42.1 Å². The molecule has 0 amide bonds. The van der Waals surface area contributed by atoms with Gasteiger partial charge in [0.1, 0.15) is 0 Å². The van der Waals surface area contributed by atoms with Gasteiger partial charge in [0.15, 0.2) is 0 Å². The highest BCUT2D eigenvalue weighted by atomic mass is 35.5. The first-order valence-electron chi connectivity index (χ1n) is 13.5. The minimum absolute atomic E-state index is 0.0605. The molecule has 5 rings (SSSR count). The van der Waals surface area contributed by atoms with Crippen LogP contribution in [0.25, 0.3) is 50.4 Å². The van der Waals surface area contributed by atoms with Gasteiger partial charge in [-0.05, 0) is 85.7 Å². The number of hydrogen-bond acceptors (Lipinski definition) is 4. The minimum atomic E-state index is -1.00. The average molecular weight is 583 g/mol. The van der Waals surface area contributed by atoms with Gasteiger partial charge in [-0.25, -0.2) is 9.97 Å². The number of fused-ring (bicyclic) bond motifs is 8. The molecule has 0 saturated heterocycles. The lowest BCUT2D eigenvalue weighted by Gasteiger charge is -2.03. The summed E-state index contributed by atoms with van der Waals surface area (Å²) >= 11 is 7.02. The van der Waals surface area contributed by atoms with Gasteiger partial charge in [0.05, 0.1) is 34.2 Å². The molecule has 214 valence electrons. The van der Waals surface area contributed by atoms with Crippen molar-refractivity contribution in [3.63, 3.8) is 0 Å². The molecule has 0 spiro atoms. The van der Waals surface area contributed by atoms with Gasteiger partial charge in [-0.3, -0.25) is 9.59 Å². The fourth-order valence-electron chi connectivity index (χ4n) is 5.66. The van der Waals surface area contributed by atoms with E-state index >= 15 is 0 Å². The number of carboxylic acids is 2. The summed E-state index contributed by atoms with van der Waals surface area (Å²) in [5, 5.41) is 19.5. The van der Waals surface area contributed by atoms with E-state index < -0.39 is 11.9 Å². The van der Waals surface area contributed by atoms with E-state index in [-0.39, 0.29) is 19.3 Å². The summed E-state index contributed by atoms with van der Waals surface area (Å²) in [5.41, 5.74) is 11.7. The van der Waals surface area contributed by atoms with Gasteiger partial charge in [-0.15, -0.1) is 0 Å². The Morgan fingerprint density at radius 3 is 2.12 bits per heavy atom. The van der Waals surface area contributed by atoms with Crippen molar-refractivity contribution >= 4 is 74.0 Å². The zero-order valence-corrected chi connectivity index (χ0v) is 24.7. The molecule has 3 aromatic rings. The van der Waals surface area contributed by atoms with Crippen molar-refractivity contribution in [1.29, 1.82) is 0 Å². The van der Waals surface area contributed by atoms with Gasteiger partial charge in [-0.2, -0.15) is 0 Å². The first-order valence-corrected chi connectivity index (χ1v) is 13.9. The van der Waals surface area contributed by atoms with Crippen molar-refractivity contribution in [2.75, 3.05) is 0 Å². The van der Waals surface area contributed by atoms with E-state index in [2.05, 4.69) is 23.1 Å². The molecule has 0 fully saturated rings. The molecule has 2 aliphatic heterocycles. The number of aromatic nitrogens is 4. The quantitative estimate of drug-likeness (QED) is 0.225. The number of aryl methyl sites for hydroxylation is 3. The van der Waals surface area contributed by atoms with Crippen molar-refractivity contribution in [1.82, 2.24) is 19.9 Å². The molecule has 0 atom stereocenters. The molecule has 2 aliphatic rings. The van der Waals surface area contributed by atoms with Crippen LogP contribution in [0.2, 0.25) is 5.02 Å². The lowest BCUT2D eigenvalue weighted by molar-refractivity contribution is -0.137. The molecule has 0 aliphatic carbocycles. The summed E-state index contributed by atoms with van der Waals surface area (Å²) in [6.07, 6.45) is 3.48. The number of nitrogens with one attached hydrogen (secondary N) is 2. The third kappa shape index (κ3) is 4.88. The third-order valence-corrected chi connectivity index (χ3v) is 8.39. The normalized spacial score (nSPS) is 13.1. The number of hydrogen-bond donors (Lipinski definition) is 4. The molecular weight excluding hydrogens is 552 g/mol. The Morgan fingerprint density at radius 1 is 0.833 bits per heavy atom. The molecule has 8 nitrogen and oxygen atoms in total. The Bertz CT molecular complexity index is 1960. The van der Waals surface area contributed by atoms with E-state index in [1.54, 1.807) is 25.1 Å². The van der Waals surface area contributed by atoms with Crippen molar-refractivity contribution in [3.05, 3.63) is 87.5 Å². The Labute approximate surface area is 247 Å². The Balaban J connectivity index is 2.01. The standard InChI is InChI=1S/C33H31ClN4O4/c1-7-19-15(3)23-12-24-17(5)21(9-10-29(39)40)27(36-24)14-28-22(11-30(41)42)18(6)32(38-28)31(34)33-20(8-2)16(4)25(37-33)13-26(19)35-23/h7-8,12-14,35-36H,1-2,9-11H2,3-6H3,(H,39,40)(H,41,42). The van der Waals surface area contributed by atoms with Crippen LogP contribution in [0.3, 0.4) is 0 Å². The Morgan fingerprint density at radius 2 is 1.48 bits per heavy atom. The number of halogens is 1. The summed E-state index contributed by atoms with van der Waals surface area (Å²) in [7, 11) is 0. The third-order valence-electron chi connectivity index (χ3n) is 8.04. The van der Waals surface area contributed by atoms with E-state index in [0.717, 1.165) is 50.0 Å². The highest BCUT2D eigenvalue weighted by Gasteiger charge is 2.26. The van der Waals surface area contributed by atoms with Crippen molar-refractivity contribution in [3.8, 4) is 0 Å². The second-order valence-corrected chi connectivity index (χ2v) is 10.9. The second kappa shape index (κ2) is 10.9. The summed E-state index contributed by atoms with van der Waals surface area (Å²) in [6, 6.07) is 5.73. The zero-order valence-electron chi connectivity index (χ0n) is 23.9. The first-order chi connectivity index (χ1) is 19.9. The fourth-order valence-corrected chi connectivity index (χ4v) is 5.98. The number of rotatable bonds is 7. The van der Waals surface area contributed by atoms with E-state index in [1.807, 2.05) is 32.9 Å². The molecule has 9 heteroatoms. The summed E-state index contributed by atoms with van der Waals surface area (Å²) in [5.74, 6) is -1.91. The molecule has 5 heterocycles. The van der Waals surface area contributed by atoms with Gasteiger partial charge in [0.25, 0.3) is 0 Å². The van der Waals surface area contributed by atoms with Crippen molar-refractivity contribution in [2.24, 2.45) is 0 Å². The molecule has 42 heavy (non-hydrogen) atoms. The van der Waals surface area contributed by atoms with E-state index in [4.69, 9.17) is 21.6 Å². The lowest BCUT2D eigenvalue weighted by atomic mass is 10.0. The highest BCUT2D eigenvalue weighted by Crippen LogP contribution is 2.41. The first kappa shape index (κ1) is 28.8. The Kier molecular flexibility index (Phi) is 7.51. The smallest absolute Gasteiger partial charge is 0.307 e. The number of nitrogens with zero attached hydrogens (tertiary/aromatic N) is 2. The van der Waals surface area contributed by atoms with Crippen molar-refractivity contribution < 1.29 is 19.8 Å². The number of aliphatic carboxylic acids is 2. The van der Waals surface area contributed by atoms with Crippen LogP contribution in [0.4, 0.5) is 0 Å². The summed E-state index contributed by atoms with van der Waals surface area (Å²) < 4.78 is 0. The van der Waals surface area contributed by atoms with Gasteiger partial charge in [0, 0.05) is 39.6 Å². The van der Waals surface area contributed by atoms with Gasteiger partial charge < -0.3 is 20.2 Å². The number of carbonyl (C=O) groups is 2. The molecule has 8 bridgehead atoms. The van der Waals surface area contributed by atoms with Crippen LogP contribution in [0.15, 0.2) is 37.4 Å². The van der Waals surface area contributed by atoms with Crippen molar-refractivity contribution in [2.45, 2.75) is 47.0 Å². The number of H-pyrrole nitrogens is 2. The maximum atomic E-state index is 11.9. The predicted molar refractivity (Wildman–Crippen MR) is 169 cm³/mol. The second-order valence-electron chi connectivity index (χ2n) is 10.5. The van der Waals surface area contributed by atoms with E-state index in [1.165, 1.54) is 0 Å². The van der Waals surface area contributed by atoms with Crippen LogP contribution < -0.4 is 0 Å². The van der Waals surface area contributed by atoms with E-state index in [9.17, 15) is 19.8 Å². The van der Waals surface area contributed by atoms with Gasteiger partial charge >= 0.3 is 11.9 Å². The van der Waals surface area contributed by atoms with Crippen LogP contribution in [-0.2, 0) is 16.0 Å². The largest absolute Gasteiger partial charge is 0.481 e. The van der Waals surface area contributed by atoms with Gasteiger partial charge in [-0.1, -0.05) is 36.9 Å². The monoisotopic (exact) mass is 582 g/mol. The van der Waals surface area contributed by atoms with Crippen LogP contribution in [0.1, 0.15) is 71.7 Å². The maximum absolute atomic E-state index is 11.9. The topological polar surface area (TPSA) is 132 Å². The molecule has 4 N–H and O–H groups in total. The molecule has 0 saturated carbocycles. The zero-order chi connectivity index (χ0) is 30.5. The van der Waals surface area contributed by atoms with E-state index in [0.29, 0.717) is 44.5 Å². The number of aromatic amines is 2. The predicted octanol–water partition coefficient (Wildman–Crippen LogP) is 7.77. The van der Waals surface area contributed by atoms with Crippen LogP contribution >= 0.6 is 11.6 Å². The van der Waals surface area contributed by atoms with Crippen LogP contribution in [0, 0.1) is 13.8 Å². The molecule has 3 aromatic heterocycles. The summed E-state index contributed by atoms with van der Waals surface area (Å²) in [4.78, 5) is 40.1. The SMILES string of the molecule is C=CC1=C(C)c2cc3[nH]c(cc4[nH]c(cc5nc(c(Cl)c1n2)C(C)=C5CC(=O)O)c(CCC(=O)O)c4C)c(C)c3C=C. The fraction of sp³-hybridized carbons (Fsp3) is 0.212. The highest BCUT2D eigenvalue weighted by molar-refractivity contribution is 6.34. The molecule has 0 aromatic carbocycles. The molecule has 0 unspecified atom stereocenters. The maximum Gasteiger partial charge on any atom is 0.307 e. The number of allylic oxidation sites excluding steroid dienone is 4. The number of carboxylic acid groups (broad SMARTS) is 2. The minimum Gasteiger partial charge on any atom is -0.481 e. The molecular formula is C33H31ClN4O4. The Hall–Kier alpha value is -4.69. The molecule has 0 radical (unpaired) electrons. The van der Waals surface area contributed by atoms with Gasteiger partial charge in [0.2, 0.25) is 0 Å². The van der Waals surface area contributed by atoms with Crippen LogP contribution in [0.5, 0.6) is 0 Å². The lowest BCUT2D eigenvalue weighted by Crippen LogP contribution is -1.98. The summed E-state index contributed by atoms with van der Waals surface area (Å²) in [6.45, 7) is 15.7. The average Bonchev–Trinajstić information content (AvgIpc) is 3.60.